The molecule has 2 unspecified atom stereocenters. The summed E-state index contributed by atoms with van der Waals surface area (Å²) in [6.07, 6.45) is 14.0. The van der Waals surface area contributed by atoms with Crippen LogP contribution in [-0.2, 0) is 4.79 Å². The molecule has 1 aliphatic carbocycles. The molecule has 0 aromatic rings. The van der Waals surface area contributed by atoms with E-state index in [0.29, 0.717) is 29.7 Å². The number of fused-ring (bicyclic) bond motifs is 2. The summed E-state index contributed by atoms with van der Waals surface area (Å²) >= 11 is 0. The van der Waals surface area contributed by atoms with Gasteiger partial charge in [0.1, 0.15) is 5.78 Å². The first-order valence-electron chi connectivity index (χ1n) is 8.51. The van der Waals surface area contributed by atoms with Crippen molar-refractivity contribution >= 4 is 5.78 Å². The van der Waals surface area contributed by atoms with E-state index in [1.165, 1.54) is 57.8 Å². The van der Waals surface area contributed by atoms with Gasteiger partial charge in [0.15, 0.2) is 0 Å². The predicted molar refractivity (Wildman–Crippen MR) is 78.1 cm³/mol. The van der Waals surface area contributed by atoms with Crippen LogP contribution in [0.1, 0.15) is 70.6 Å². The summed E-state index contributed by atoms with van der Waals surface area (Å²) in [5.74, 6) is 1.46. The topological polar surface area (TPSA) is 20.3 Å². The smallest absolute Gasteiger partial charge is 0.139 e. The van der Waals surface area contributed by atoms with Crippen LogP contribution in [0.15, 0.2) is 0 Å². The van der Waals surface area contributed by atoms with E-state index in [4.69, 9.17) is 0 Å². The number of nitrogens with zero attached hydrogens (tertiary/aromatic N) is 1. The van der Waals surface area contributed by atoms with Gasteiger partial charge in [-0.3, -0.25) is 4.79 Å². The Hall–Kier alpha value is -0.370. The van der Waals surface area contributed by atoms with Gasteiger partial charge in [0, 0.05) is 23.9 Å². The van der Waals surface area contributed by atoms with Gasteiger partial charge in [-0.2, -0.15) is 0 Å². The number of hydrogen-bond donors (Lipinski definition) is 0. The molecule has 2 atom stereocenters. The van der Waals surface area contributed by atoms with Crippen molar-refractivity contribution in [1.82, 2.24) is 4.90 Å². The van der Waals surface area contributed by atoms with E-state index in [-0.39, 0.29) is 0 Å². The van der Waals surface area contributed by atoms with Crippen molar-refractivity contribution in [2.75, 3.05) is 7.05 Å². The monoisotopic (exact) mass is 263 g/mol. The Kier molecular flexibility index (Phi) is 4.26. The van der Waals surface area contributed by atoms with Crippen LogP contribution in [0.3, 0.4) is 0 Å². The third-order valence-corrected chi connectivity index (χ3v) is 6.00. The molecule has 0 aromatic carbocycles. The highest BCUT2D eigenvalue weighted by Crippen LogP contribution is 2.38. The zero-order valence-corrected chi connectivity index (χ0v) is 12.4. The summed E-state index contributed by atoms with van der Waals surface area (Å²) in [7, 11) is 2.28. The summed E-state index contributed by atoms with van der Waals surface area (Å²) in [4.78, 5) is 15.4. The second kappa shape index (κ2) is 5.95. The predicted octanol–water partition coefficient (Wildman–Crippen LogP) is 3.79. The van der Waals surface area contributed by atoms with Gasteiger partial charge < -0.3 is 4.90 Å². The van der Waals surface area contributed by atoms with Gasteiger partial charge in [-0.1, -0.05) is 32.1 Å². The first-order valence-corrected chi connectivity index (χ1v) is 8.51. The molecule has 0 N–H and O–H groups in total. The first-order chi connectivity index (χ1) is 9.25. The normalized spacial score (nSPS) is 37.8. The molecule has 1 saturated carbocycles. The molecule has 108 valence electrons. The highest BCUT2D eigenvalue weighted by Gasteiger charge is 2.40. The lowest BCUT2D eigenvalue weighted by molar-refractivity contribution is -0.131. The summed E-state index contributed by atoms with van der Waals surface area (Å²) in [5, 5.41) is 0. The SMILES string of the molecule is CN1C2CCCC1CC(C(=O)C1CCCCCC1)C2. The van der Waals surface area contributed by atoms with Gasteiger partial charge >= 0.3 is 0 Å². The Morgan fingerprint density at radius 3 is 1.95 bits per heavy atom. The summed E-state index contributed by atoms with van der Waals surface area (Å²) in [6.45, 7) is 0. The van der Waals surface area contributed by atoms with E-state index in [0.717, 1.165) is 12.8 Å². The standard InChI is InChI=1S/C17H29NO/c1-18-15-9-6-10-16(18)12-14(11-15)17(19)13-7-4-2-3-5-8-13/h13-16H,2-12H2,1H3. The average molecular weight is 263 g/mol. The largest absolute Gasteiger partial charge is 0.300 e. The maximum Gasteiger partial charge on any atom is 0.139 e. The molecular weight excluding hydrogens is 234 g/mol. The number of hydrogen-bond acceptors (Lipinski definition) is 2. The zero-order chi connectivity index (χ0) is 13.2. The minimum absolute atomic E-state index is 0.398. The van der Waals surface area contributed by atoms with Crippen LogP contribution in [0.4, 0.5) is 0 Å². The van der Waals surface area contributed by atoms with Crippen molar-refractivity contribution in [3.05, 3.63) is 0 Å². The van der Waals surface area contributed by atoms with Gasteiger partial charge in [-0.15, -0.1) is 0 Å². The molecule has 2 heterocycles. The number of carbonyl (C=O) groups is 1. The molecular formula is C17H29NO. The highest BCUT2D eigenvalue weighted by atomic mass is 16.1. The van der Waals surface area contributed by atoms with Crippen molar-refractivity contribution in [3.8, 4) is 0 Å². The summed E-state index contributed by atoms with van der Waals surface area (Å²) in [5.41, 5.74) is 0. The molecule has 2 heteroatoms. The van der Waals surface area contributed by atoms with Crippen LogP contribution in [0.2, 0.25) is 0 Å². The Bertz CT molecular complexity index is 305. The van der Waals surface area contributed by atoms with Gasteiger partial charge in [0.05, 0.1) is 0 Å². The molecule has 3 rings (SSSR count). The number of rotatable bonds is 2. The Labute approximate surface area is 117 Å². The fourth-order valence-electron chi connectivity index (χ4n) is 4.75. The second-order valence-corrected chi connectivity index (χ2v) is 7.16. The quantitative estimate of drug-likeness (QED) is 0.707. The maximum atomic E-state index is 12.8. The second-order valence-electron chi connectivity index (χ2n) is 7.16. The molecule has 2 saturated heterocycles. The molecule has 2 aliphatic heterocycles. The minimum atomic E-state index is 0.398. The van der Waals surface area contributed by atoms with Crippen LogP contribution in [0.25, 0.3) is 0 Å². The Balaban J connectivity index is 1.63. The number of carbonyl (C=O) groups excluding carboxylic acids is 1. The molecule has 0 radical (unpaired) electrons. The third-order valence-electron chi connectivity index (χ3n) is 6.00. The molecule has 2 nitrogen and oxygen atoms in total. The molecule has 0 aromatic heterocycles. The van der Waals surface area contributed by atoms with Gasteiger partial charge in [-0.05, 0) is 45.6 Å². The maximum absolute atomic E-state index is 12.8. The van der Waals surface area contributed by atoms with Gasteiger partial charge in [0.2, 0.25) is 0 Å². The molecule has 0 spiro atoms. The van der Waals surface area contributed by atoms with E-state index in [1.54, 1.807) is 0 Å². The molecule has 19 heavy (non-hydrogen) atoms. The zero-order valence-electron chi connectivity index (χ0n) is 12.4. The van der Waals surface area contributed by atoms with E-state index >= 15 is 0 Å². The van der Waals surface area contributed by atoms with Crippen LogP contribution in [-0.4, -0.2) is 29.8 Å². The lowest BCUT2D eigenvalue weighted by Crippen LogP contribution is -2.51. The lowest BCUT2D eigenvalue weighted by atomic mass is 9.74. The average Bonchev–Trinajstić information content (AvgIpc) is 2.66. The number of ketones is 1. The summed E-state index contributed by atoms with van der Waals surface area (Å²) < 4.78 is 0. The van der Waals surface area contributed by atoms with E-state index in [2.05, 4.69) is 11.9 Å². The first kappa shape index (κ1) is 13.6. The fraction of sp³-hybridized carbons (Fsp3) is 0.941. The minimum Gasteiger partial charge on any atom is -0.300 e. The highest BCUT2D eigenvalue weighted by molar-refractivity contribution is 5.83. The van der Waals surface area contributed by atoms with Crippen LogP contribution in [0.5, 0.6) is 0 Å². The molecule has 3 fully saturated rings. The lowest BCUT2D eigenvalue weighted by Gasteiger charge is -2.47. The van der Waals surface area contributed by atoms with E-state index < -0.39 is 0 Å². The molecule has 0 amide bonds. The molecule has 2 bridgehead atoms. The van der Waals surface area contributed by atoms with Crippen molar-refractivity contribution < 1.29 is 4.79 Å². The number of Topliss-reactive ketones (excluding diaryl/α,β-unsaturated/α-hetero) is 1. The Morgan fingerprint density at radius 1 is 0.789 bits per heavy atom. The molecule has 3 aliphatic rings. The van der Waals surface area contributed by atoms with Gasteiger partial charge in [-0.25, -0.2) is 0 Å². The fourth-order valence-corrected chi connectivity index (χ4v) is 4.75. The van der Waals surface area contributed by atoms with Crippen LogP contribution in [0, 0.1) is 11.8 Å². The van der Waals surface area contributed by atoms with Crippen LogP contribution < -0.4 is 0 Å². The van der Waals surface area contributed by atoms with Gasteiger partial charge in [0.25, 0.3) is 0 Å². The van der Waals surface area contributed by atoms with E-state index in [9.17, 15) is 4.79 Å². The van der Waals surface area contributed by atoms with Crippen molar-refractivity contribution in [3.63, 3.8) is 0 Å². The summed E-state index contributed by atoms with van der Waals surface area (Å²) in [6, 6.07) is 1.40. The Morgan fingerprint density at radius 2 is 1.37 bits per heavy atom. The third kappa shape index (κ3) is 2.89. The van der Waals surface area contributed by atoms with Crippen molar-refractivity contribution in [2.45, 2.75) is 82.7 Å². The van der Waals surface area contributed by atoms with E-state index in [1.807, 2.05) is 0 Å². The van der Waals surface area contributed by atoms with Crippen molar-refractivity contribution in [1.29, 1.82) is 0 Å². The van der Waals surface area contributed by atoms with Crippen molar-refractivity contribution in [2.24, 2.45) is 11.8 Å². The van der Waals surface area contributed by atoms with Crippen LogP contribution >= 0.6 is 0 Å². The number of piperidine rings is 2.